The van der Waals surface area contributed by atoms with Crippen molar-refractivity contribution in [2.75, 3.05) is 12.4 Å². The molecule has 136 valence electrons. The van der Waals surface area contributed by atoms with Crippen molar-refractivity contribution >= 4 is 23.5 Å². The fourth-order valence-corrected chi connectivity index (χ4v) is 3.07. The van der Waals surface area contributed by atoms with E-state index in [1.54, 1.807) is 24.3 Å². The van der Waals surface area contributed by atoms with Crippen LogP contribution in [0.1, 0.15) is 49.9 Å². The Morgan fingerprint density at radius 1 is 0.960 bits per heavy atom. The monoisotopic (exact) mass is 346 g/mol. The molecule has 0 saturated heterocycles. The number of hydrogen-bond donors (Lipinski definition) is 2. The summed E-state index contributed by atoms with van der Waals surface area (Å²) in [6, 6.07) is 6.75. The van der Waals surface area contributed by atoms with Gasteiger partial charge in [-0.1, -0.05) is 0 Å². The van der Waals surface area contributed by atoms with Crippen LogP contribution in [0.25, 0.3) is 0 Å². The minimum atomic E-state index is -0.407. The van der Waals surface area contributed by atoms with Crippen molar-refractivity contribution in [2.24, 2.45) is 11.8 Å². The molecule has 0 bridgehead atoms. The molecule has 1 aliphatic carbocycles. The molecule has 0 aromatic heterocycles. The predicted molar refractivity (Wildman–Crippen MR) is 95.1 cm³/mol. The first kappa shape index (κ1) is 19.0. The molecular formula is C19H26N2O4. The van der Waals surface area contributed by atoms with Crippen molar-refractivity contribution in [3.63, 3.8) is 0 Å². The molecule has 1 aliphatic rings. The summed E-state index contributed by atoms with van der Waals surface area (Å²) < 4.78 is 4.65. The van der Waals surface area contributed by atoms with Gasteiger partial charge in [0.15, 0.2) is 0 Å². The summed E-state index contributed by atoms with van der Waals surface area (Å²) in [5.74, 6) is -0.425. The van der Waals surface area contributed by atoms with Crippen LogP contribution in [0.5, 0.6) is 0 Å². The summed E-state index contributed by atoms with van der Waals surface area (Å²) in [5, 5.41) is 5.82. The molecule has 0 aliphatic heterocycles. The Labute approximate surface area is 148 Å². The van der Waals surface area contributed by atoms with E-state index in [1.807, 2.05) is 13.8 Å². The Bertz CT molecular complexity index is 617. The van der Waals surface area contributed by atoms with Gasteiger partial charge in [0.05, 0.1) is 12.7 Å². The van der Waals surface area contributed by atoms with Crippen molar-refractivity contribution in [3.05, 3.63) is 29.8 Å². The van der Waals surface area contributed by atoms with Crippen LogP contribution in [0, 0.1) is 11.8 Å². The van der Waals surface area contributed by atoms with Crippen molar-refractivity contribution in [1.29, 1.82) is 0 Å². The van der Waals surface area contributed by atoms with Gasteiger partial charge in [0, 0.05) is 23.6 Å². The van der Waals surface area contributed by atoms with Gasteiger partial charge in [0.25, 0.3) is 0 Å². The molecule has 25 heavy (non-hydrogen) atoms. The largest absolute Gasteiger partial charge is 0.465 e. The summed E-state index contributed by atoms with van der Waals surface area (Å²) >= 11 is 0. The molecule has 0 spiro atoms. The van der Waals surface area contributed by atoms with Crippen LogP contribution in [0.2, 0.25) is 0 Å². The maximum Gasteiger partial charge on any atom is 0.337 e. The minimum Gasteiger partial charge on any atom is -0.465 e. The second-order valence-corrected chi connectivity index (χ2v) is 6.77. The van der Waals surface area contributed by atoms with E-state index in [4.69, 9.17) is 0 Å². The highest BCUT2D eigenvalue weighted by Crippen LogP contribution is 2.30. The molecule has 0 unspecified atom stereocenters. The lowest BCUT2D eigenvalue weighted by Gasteiger charge is -2.27. The summed E-state index contributed by atoms with van der Waals surface area (Å²) in [5.41, 5.74) is 1.09. The molecule has 1 aromatic carbocycles. The third-order valence-corrected chi connectivity index (χ3v) is 4.47. The molecule has 6 nitrogen and oxygen atoms in total. The number of benzene rings is 1. The normalized spacial score (nSPS) is 20.0. The van der Waals surface area contributed by atoms with E-state index in [0.717, 1.165) is 12.8 Å². The summed E-state index contributed by atoms with van der Waals surface area (Å²) in [6.07, 6.45) is 2.89. The smallest absolute Gasteiger partial charge is 0.337 e. The van der Waals surface area contributed by atoms with E-state index in [9.17, 15) is 14.4 Å². The Balaban J connectivity index is 1.84. The standard InChI is InChI=1S/C19H26N2O4/c1-12(2)20-17(22)13-4-6-14(7-5-13)18(23)21-16-10-8-15(9-11-16)19(24)25-3/h8-14H,4-7H2,1-3H3,(H,20,22)(H,21,23). The van der Waals surface area contributed by atoms with E-state index in [2.05, 4.69) is 15.4 Å². The molecule has 1 fully saturated rings. The Morgan fingerprint density at radius 2 is 1.48 bits per heavy atom. The summed E-state index contributed by atoms with van der Waals surface area (Å²) in [7, 11) is 1.33. The Morgan fingerprint density at radius 3 is 1.96 bits per heavy atom. The highest BCUT2D eigenvalue weighted by Gasteiger charge is 2.30. The number of amides is 2. The number of hydrogen-bond acceptors (Lipinski definition) is 4. The Hall–Kier alpha value is -2.37. The molecule has 0 atom stereocenters. The zero-order valence-electron chi connectivity index (χ0n) is 15.0. The number of carbonyl (C=O) groups excluding carboxylic acids is 3. The highest BCUT2D eigenvalue weighted by atomic mass is 16.5. The number of methoxy groups -OCH3 is 1. The lowest BCUT2D eigenvalue weighted by Crippen LogP contribution is -2.38. The van der Waals surface area contributed by atoms with E-state index < -0.39 is 5.97 Å². The van der Waals surface area contributed by atoms with Gasteiger partial charge in [-0.05, 0) is 63.8 Å². The minimum absolute atomic E-state index is 0.00536. The average molecular weight is 346 g/mol. The number of ether oxygens (including phenoxy) is 1. The first-order chi connectivity index (χ1) is 11.9. The quantitative estimate of drug-likeness (QED) is 0.803. The van der Waals surface area contributed by atoms with E-state index in [1.165, 1.54) is 7.11 Å². The fraction of sp³-hybridized carbons (Fsp3) is 0.526. The summed E-state index contributed by atoms with van der Waals surface area (Å²) in [6.45, 7) is 3.89. The number of rotatable bonds is 5. The second-order valence-electron chi connectivity index (χ2n) is 6.77. The van der Waals surface area contributed by atoms with Crippen LogP contribution in [0.3, 0.4) is 0 Å². The van der Waals surface area contributed by atoms with Crippen LogP contribution in [0.4, 0.5) is 5.69 Å². The topological polar surface area (TPSA) is 84.5 Å². The zero-order chi connectivity index (χ0) is 18.4. The molecule has 0 heterocycles. The average Bonchev–Trinajstić information content (AvgIpc) is 2.61. The molecule has 2 N–H and O–H groups in total. The number of carbonyl (C=O) groups is 3. The zero-order valence-corrected chi connectivity index (χ0v) is 15.0. The Kier molecular flexibility index (Phi) is 6.56. The SMILES string of the molecule is COC(=O)c1ccc(NC(=O)C2CCC(C(=O)NC(C)C)CC2)cc1. The van der Waals surface area contributed by atoms with E-state index >= 15 is 0 Å². The van der Waals surface area contributed by atoms with E-state index in [-0.39, 0.29) is 29.7 Å². The molecule has 1 aromatic rings. The van der Waals surface area contributed by atoms with Gasteiger partial charge in [-0.2, -0.15) is 0 Å². The van der Waals surface area contributed by atoms with Gasteiger partial charge in [-0.25, -0.2) is 4.79 Å². The van der Waals surface area contributed by atoms with Crippen LogP contribution in [-0.2, 0) is 14.3 Å². The molecule has 2 rings (SSSR count). The maximum atomic E-state index is 12.4. The van der Waals surface area contributed by atoms with Crippen molar-refractivity contribution in [1.82, 2.24) is 5.32 Å². The van der Waals surface area contributed by atoms with E-state index in [0.29, 0.717) is 24.1 Å². The third kappa shape index (κ3) is 5.31. The molecule has 0 radical (unpaired) electrons. The maximum absolute atomic E-state index is 12.4. The lowest BCUT2D eigenvalue weighted by atomic mass is 9.81. The number of esters is 1. The highest BCUT2D eigenvalue weighted by molar-refractivity contribution is 5.94. The number of anilines is 1. The molecule has 6 heteroatoms. The molecule has 2 amide bonds. The fourth-order valence-electron chi connectivity index (χ4n) is 3.07. The van der Waals surface area contributed by atoms with Gasteiger partial charge in [-0.3, -0.25) is 9.59 Å². The van der Waals surface area contributed by atoms with Crippen molar-refractivity contribution in [2.45, 2.75) is 45.6 Å². The van der Waals surface area contributed by atoms with Gasteiger partial charge in [0.1, 0.15) is 0 Å². The first-order valence-electron chi connectivity index (χ1n) is 8.70. The van der Waals surface area contributed by atoms with Crippen LogP contribution in [0.15, 0.2) is 24.3 Å². The second kappa shape index (κ2) is 8.65. The molecule has 1 saturated carbocycles. The predicted octanol–water partition coefficient (Wildman–Crippen LogP) is 2.74. The lowest BCUT2D eigenvalue weighted by molar-refractivity contribution is -0.128. The van der Waals surface area contributed by atoms with Crippen LogP contribution in [-0.4, -0.2) is 30.9 Å². The van der Waals surface area contributed by atoms with Crippen LogP contribution < -0.4 is 10.6 Å². The first-order valence-corrected chi connectivity index (χ1v) is 8.70. The van der Waals surface area contributed by atoms with Gasteiger partial charge >= 0.3 is 5.97 Å². The summed E-state index contributed by atoms with van der Waals surface area (Å²) in [4.78, 5) is 35.8. The van der Waals surface area contributed by atoms with Gasteiger partial charge < -0.3 is 15.4 Å². The van der Waals surface area contributed by atoms with Gasteiger partial charge in [-0.15, -0.1) is 0 Å². The van der Waals surface area contributed by atoms with Crippen molar-refractivity contribution < 1.29 is 19.1 Å². The van der Waals surface area contributed by atoms with Gasteiger partial charge in [0.2, 0.25) is 11.8 Å². The number of nitrogens with one attached hydrogen (secondary N) is 2. The third-order valence-electron chi connectivity index (χ3n) is 4.47. The molecular weight excluding hydrogens is 320 g/mol. The van der Waals surface area contributed by atoms with Crippen LogP contribution >= 0.6 is 0 Å². The van der Waals surface area contributed by atoms with Crippen molar-refractivity contribution in [3.8, 4) is 0 Å².